The van der Waals surface area contributed by atoms with Gasteiger partial charge in [-0.25, -0.2) is 4.39 Å². The molecule has 186 valence electrons. The van der Waals surface area contributed by atoms with E-state index in [9.17, 15) is 4.39 Å². The number of halogens is 1. The summed E-state index contributed by atoms with van der Waals surface area (Å²) in [5.74, 6) is -0.235. The molecule has 1 unspecified atom stereocenters. The third-order valence-electron chi connectivity index (χ3n) is 7.80. The van der Waals surface area contributed by atoms with Gasteiger partial charge in [0.15, 0.2) is 0 Å². The van der Waals surface area contributed by atoms with Crippen LogP contribution >= 0.6 is 0 Å². The Hall–Kier alpha value is -4.95. The van der Waals surface area contributed by atoms with Crippen molar-refractivity contribution in [3.8, 4) is 11.1 Å². The molecule has 6 aromatic rings. The molecular weight excluding hydrogens is 477 g/mol. The van der Waals surface area contributed by atoms with E-state index in [1.807, 2.05) is 30.3 Å². The number of nitrogens with zero attached hydrogens (tertiary/aromatic N) is 1. The van der Waals surface area contributed by atoms with Gasteiger partial charge in [-0.3, -0.25) is 0 Å². The largest absolute Gasteiger partial charge is 0.310 e. The fraction of sp³-hybridized carbons (Fsp3) is 0.0270. The maximum atomic E-state index is 14.2. The van der Waals surface area contributed by atoms with Crippen molar-refractivity contribution in [3.63, 3.8) is 0 Å². The summed E-state index contributed by atoms with van der Waals surface area (Å²) >= 11 is 0. The number of hydrogen-bond donors (Lipinski definition) is 0. The molecule has 0 aliphatic heterocycles. The lowest BCUT2D eigenvalue weighted by Crippen LogP contribution is -2.28. The molecule has 0 bridgehead atoms. The highest BCUT2D eigenvalue weighted by molar-refractivity contribution is 5.89. The number of fused-ring (bicyclic) bond motifs is 3. The minimum atomic E-state index is -0.587. The van der Waals surface area contributed by atoms with E-state index in [4.69, 9.17) is 0 Å². The number of benzene rings is 6. The SMILES string of the molecule is Fc1ccc(C2(c3ccccc3)c3ccccc3-c3ccc(N(c4ccccc4)c4ccccc4)cc32)cc1. The minimum Gasteiger partial charge on any atom is -0.310 e. The van der Waals surface area contributed by atoms with E-state index in [0.29, 0.717) is 0 Å². The zero-order chi connectivity index (χ0) is 26.2. The van der Waals surface area contributed by atoms with E-state index in [2.05, 4.69) is 120 Å². The smallest absolute Gasteiger partial charge is 0.123 e. The van der Waals surface area contributed by atoms with Crippen molar-refractivity contribution in [2.24, 2.45) is 0 Å². The summed E-state index contributed by atoms with van der Waals surface area (Å²) < 4.78 is 14.2. The lowest BCUT2D eigenvalue weighted by Gasteiger charge is -2.35. The van der Waals surface area contributed by atoms with Crippen LogP contribution in [0.2, 0.25) is 0 Å². The van der Waals surface area contributed by atoms with Gasteiger partial charge in [-0.1, -0.05) is 109 Å². The van der Waals surface area contributed by atoms with Gasteiger partial charge in [0.25, 0.3) is 0 Å². The standard InChI is InChI=1S/C37H26FN/c38-29-22-20-28(21-23-29)37(27-12-4-1-5-13-27)35-19-11-10-18-33(35)34-25-24-32(26-36(34)37)39(30-14-6-2-7-15-30)31-16-8-3-9-17-31/h1-26H. The average molecular weight is 504 g/mol. The van der Waals surface area contributed by atoms with Gasteiger partial charge in [0, 0.05) is 17.1 Å². The van der Waals surface area contributed by atoms with Gasteiger partial charge in [-0.05, 0) is 81.9 Å². The first kappa shape index (κ1) is 23.2. The first-order chi connectivity index (χ1) is 19.3. The Kier molecular flexibility index (Phi) is 5.60. The van der Waals surface area contributed by atoms with E-state index in [1.54, 1.807) is 12.1 Å². The summed E-state index contributed by atoms with van der Waals surface area (Å²) in [6, 6.07) is 54.0. The van der Waals surface area contributed by atoms with Gasteiger partial charge in [0.1, 0.15) is 5.82 Å². The molecular formula is C37H26FN. The molecule has 0 saturated heterocycles. The molecule has 0 aromatic heterocycles. The molecule has 2 heteroatoms. The van der Waals surface area contributed by atoms with Crippen molar-refractivity contribution in [2.75, 3.05) is 4.90 Å². The summed E-state index contributed by atoms with van der Waals surface area (Å²) in [6.45, 7) is 0. The van der Waals surface area contributed by atoms with Gasteiger partial charge >= 0.3 is 0 Å². The first-order valence-electron chi connectivity index (χ1n) is 13.2. The molecule has 1 aliphatic rings. The number of rotatable bonds is 5. The highest BCUT2D eigenvalue weighted by Gasteiger charge is 2.46. The second-order valence-electron chi connectivity index (χ2n) is 9.90. The Balaban J connectivity index is 1.55. The van der Waals surface area contributed by atoms with Crippen molar-refractivity contribution >= 4 is 17.1 Å². The number of para-hydroxylation sites is 2. The Morgan fingerprint density at radius 1 is 0.410 bits per heavy atom. The van der Waals surface area contributed by atoms with Crippen LogP contribution in [0.15, 0.2) is 158 Å². The quantitative estimate of drug-likeness (QED) is 0.226. The van der Waals surface area contributed by atoms with E-state index in [0.717, 1.165) is 28.2 Å². The average Bonchev–Trinajstić information content (AvgIpc) is 3.30. The van der Waals surface area contributed by atoms with Crippen LogP contribution in [0.5, 0.6) is 0 Å². The van der Waals surface area contributed by atoms with Crippen molar-refractivity contribution in [1.82, 2.24) is 0 Å². The Morgan fingerprint density at radius 2 is 0.923 bits per heavy atom. The molecule has 1 aliphatic carbocycles. The predicted octanol–water partition coefficient (Wildman–Crippen LogP) is 9.66. The number of hydrogen-bond acceptors (Lipinski definition) is 1. The summed E-state index contributed by atoms with van der Waals surface area (Å²) in [6.07, 6.45) is 0. The molecule has 0 N–H and O–H groups in total. The Bertz CT molecular complexity index is 1710. The molecule has 0 radical (unpaired) electrons. The molecule has 39 heavy (non-hydrogen) atoms. The molecule has 0 amide bonds. The van der Waals surface area contributed by atoms with Gasteiger partial charge in [-0.2, -0.15) is 0 Å². The monoisotopic (exact) mass is 503 g/mol. The molecule has 0 heterocycles. The van der Waals surface area contributed by atoms with Crippen LogP contribution in [0, 0.1) is 5.82 Å². The van der Waals surface area contributed by atoms with Gasteiger partial charge in [-0.15, -0.1) is 0 Å². The highest BCUT2D eigenvalue weighted by atomic mass is 19.1. The van der Waals surface area contributed by atoms with Crippen molar-refractivity contribution in [1.29, 1.82) is 0 Å². The van der Waals surface area contributed by atoms with E-state index in [-0.39, 0.29) is 5.82 Å². The molecule has 1 atom stereocenters. The van der Waals surface area contributed by atoms with Gasteiger partial charge in [0.2, 0.25) is 0 Å². The highest BCUT2D eigenvalue weighted by Crippen LogP contribution is 2.57. The lowest BCUT2D eigenvalue weighted by atomic mass is 9.67. The van der Waals surface area contributed by atoms with Gasteiger partial charge in [0.05, 0.1) is 5.41 Å². The summed E-state index contributed by atoms with van der Waals surface area (Å²) in [5.41, 5.74) is 9.67. The molecule has 0 spiro atoms. The van der Waals surface area contributed by atoms with Crippen LogP contribution in [-0.2, 0) is 5.41 Å². The second kappa shape index (κ2) is 9.41. The fourth-order valence-corrected chi connectivity index (χ4v) is 6.18. The molecule has 6 aromatic carbocycles. The normalized spacial score (nSPS) is 15.4. The van der Waals surface area contributed by atoms with Crippen LogP contribution in [-0.4, -0.2) is 0 Å². The van der Waals surface area contributed by atoms with Crippen molar-refractivity contribution < 1.29 is 4.39 Å². The van der Waals surface area contributed by atoms with Crippen LogP contribution < -0.4 is 4.90 Å². The van der Waals surface area contributed by atoms with Crippen LogP contribution in [0.25, 0.3) is 11.1 Å². The molecule has 0 fully saturated rings. The van der Waals surface area contributed by atoms with E-state index < -0.39 is 5.41 Å². The van der Waals surface area contributed by atoms with E-state index in [1.165, 1.54) is 22.3 Å². The summed E-state index contributed by atoms with van der Waals surface area (Å²) in [4.78, 5) is 2.30. The predicted molar refractivity (Wildman–Crippen MR) is 158 cm³/mol. The lowest BCUT2D eigenvalue weighted by molar-refractivity contribution is 0.625. The van der Waals surface area contributed by atoms with E-state index >= 15 is 0 Å². The zero-order valence-electron chi connectivity index (χ0n) is 21.3. The van der Waals surface area contributed by atoms with Crippen molar-refractivity contribution in [3.05, 3.63) is 186 Å². The fourth-order valence-electron chi connectivity index (χ4n) is 6.18. The number of anilines is 3. The summed E-state index contributed by atoms with van der Waals surface area (Å²) in [7, 11) is 0. The minimum absolute atomic E-state index is 0.235. The maximum Gasteiger partial charge on any atom is 0.123 e. The zero-order valence-corrected chi connectivity index (χ0v) is 21.3. The Labute approximate surface area is 228 Å². The Morgan fingerprint density at radius 3 is 1.56 bits per heavy atom. The third kappa shape index (κ3) is 3.68. The van der Waals surface area contributed by atoms with Crippen LogP contribution in [0.3, 0.4) is 0 Å². The first-order valence-corrected chi connectivity index (χ1v) is 13.2. The molecule has 7 rings (SSSR count). The van der Waals surface area contributed by atoms with Crippen molar-refractivity contribution in [2.45, 2.75) is 5.41 Å². The second-order valence-corrected chi connectivity index (χ2v) is 9.90. The van der Waals surface area contributed by atoms with Crippen LogP contribution in [0.1, 0.15) is 22.3 Å². The topological polar surface area (TPSA) is 3.24 Å². The summed E-state index contributed by atoms with van der Waals surface area (Å²) in [5, 5.41) is 0. The third-order valence-corrected chi connectivity index (χ3v) is 7.80. The van der Waals surface area contributed by atoms with Crippen LogP contribution in [0.4, 0.5) is 21.5 Å². The van der Waals surface area contributed by atoms with Gasteiger partial charge < -0.3 is 4.90 Å². The molecule has 1 nitrogen and oxygen atoms in total. The maximum absolute atomic E-state index is 14.2. The molecule has 0 saturated carbocycles.